The van der Waals surface area contributed by atoms with Crippen LogP contribution in [0.3, 0.4) is 0 Å². The quantitative estimate of drug-likeness (QED) is 0.801. The molecule has 0 bridgehead atoms. The highest BCUT2D eigenvalue weighted by atomic mass is 79.9. The number of aliphatic hydroxyl groups excluding tert-OH is 1. The van der Waals surface area contributed by atoms with Gasteiger partial charge < -0.3 is 5.11 Å². The molecule has 0 atom stereocenters. The van der Waals surface area contributed by atoms with Crippen LogP contribution in [0.15, 0.2) is 28.7 Å². The summed E-state index contributed by atoms with van der Waals surface area (Å²) >= 11 is 3.46. The van der Waals surface area contributed by atoms with Crippen LogP contribution in [0.1, 0.15) is 25.3 Å². The van der Waals surface area contributed by atoms with Crippen LogP contribution in [0.4, 0.5) is 0 Å². The molecular formula is C11H13BrO. The van der Waals surface area contributed by atoms with Gasteiger partial charge in [0.25, 0.3) is 0 Å². The fourth-order valence-electron chi connectivity index (χ4n) is 2.08. The minimum atomic E-state index is -0.0935. The zero-order valence-electron chi connectivity index (χ0n) is 7.63. The van der Waals surface area contributed by atoms with Crippen molar-refractivity contribution in [3.63, 3.8) is 0 Å². The van der Waals surface area contributed by atoms with Crippen molar-refractivity contribution in [3.05, 3.63) is 34.3 Å². The van der Waals surface area contributed by atoms with Crippen molar-refractivity contribution in [3.8, 4) is 0 Å². The fraction of sp³-hybridized carbons (Fsp3) is 0.455. The Bertz CT molecular complexity index is 316. The van der Waals surface area contributed by atoms with Gasteiger partial charge in [0.1, 0.15) is 0 Å². The number of hydrogen-bond acceptors (Lipinski definition) is 1. The molecule has 0 amide bonds. The van der Waals surface area contributed by atoms with Crippen LogP contribution >= 0.6 is 15.9 Å². The first kappa shape index (κ1) is 9.22. The van der Waals surface area contributed by atoms with Gasteiger partial charge in [0.2, 0.25) is 0 Å². The summed E-state index contributed by atoms with van der Waals surface area (Å²) in [6, 6.07) is 8.36. The van der Waals surface area contributed by atoms with Gasteiger partial charge in [0, 0.05) is 4.47 Å². The van der Waals surface area contributed by atoms with Crippen LogP contribution in [-0.2, 0) is 5.41 Å². The first-order valence-corrected chi connectivity index (χ1v) is 5.34. The lowest BCUT2D eigenvalue weighted by atomic mass is 9.64. The highest BCUT2D eigenvalue weighted by Crippen LogP contribution is 2.43. The summed E-state index contributed by atoms with van der Waals surface area (Å²) in [5.41, 5.74) is 1.52. The highest BCUT2D eigenvalue weighted by Gasteiger charge is 2.40. The van der Waals surface area contributed by atoms with E-state index in [1.54, 1.807) is 0 Å². The van der Waals surface area contributed by atoms with Crippen LogP contribution in [0.5, 0.6) is 0 Å². The molecule has 0 unspecified atom stereocenters. The van der Waals surface area contributed by atoms with Crippen LogP contribution in [-0.4, -0.2) is 11.2 Å². The van der Waals surface area contributed by atoms with E-state index in [0.717, 1.165) is 17.3 Å². The fourth-order valence-corrected chi connectivity index (χ4v) is 2.48. The van der Waals surface area contributed by atoms with Crippen molar-refractivity contribution >= 4 is 15.9 Å². The van der Waals surface area contributed by atoms with Gasteiger partial charge in [-0.05, 0) is 36.0 Å². The summed E-state index contributed by atoms with van der Waals surface area (Å²) in [4.78, 5) is 0. The third-order valence-corrected chi connectivity index (χ3v) is 3.39. The van der Waals surface area contributed by atoms with E-state index in [-0.39, 0.29) is 11.5 Å². The lowest BCUT2D eigenvalue weighted by Crippen LogP contribution is -2.41. The normalized spacial score (nSPS) is 32.7. The Labute approximate surface area is 86.9 Å². The van der Waals surface area contributed by atoms with Gasteiger partial charge in [-0.1, -0.05) is 35.0 Å². The number of benzene rings is 1. The second-order valence-corrected chi connectivity index (χ2v) is 5.05. The molecule has 0 saturated heterocycles. The minimum Gasteiger partial charge on any atom is -0.393 e. The summed E-state index contributed by atoms with van der Waals surface area (Å²) in [6.07, 6.45) is 1.69. The van der Waals surface area contributed by atoms with Gasteiger partial charge >= 0.3 is 0 Å². The Morgan fingerprint density at radius 3 is 2.69 bits per heavy atom. The monoisotopic (exact) mass is 240 g/mol. The largest absolute Gasteiger partial charge is 0.393 e. The van der Waals surface area contributed by atoms with Gasteiger partial charge in [0.15, 0.2) is 0 Å². The predicted octanol–water partition coefficient (Wildman–Crippen LogP) is 2.86. The van der Waals surface area contributed by atoms with E-state index in [1.807, 2.05) is 6.07 Å². The molecule has 13 heavy (non-hydrogen) atoms. The van der Waals surface area contributed by atoms with Gasteiger partial charge in [-0.25, -0.2) is 0 Å². The van der Waals surface area contributed by atoms with E-state index in [0.29, 0.717) is 0 Å². The Hall–Kier alpha value is -0.340. The van der Waals surface area contributed by atoms with Gasteiger partial charge in [-0.3, -0.25) is 0 Å². The van der Waals surface area contributed by atoms with E-state index < -0.39 is 0 Å². The maximum atomic E-state index is 9.30. The second-order valence-electron chi connectivity index (χ2n) is 4.13. The lowest BCUT2D eigenvalue weighted by molar-refractivity contribution is 0.0272. The van der Waals surface area contributed by atoms with E-state index in [4.69, 9.17) is 0 Å². The van der Waals surface area contributed by atoms with Crippen molar-refractivity contribution in [2.24, 2.45) is 0 Å². The molecule has 2 rings (SSSR count). The van der Waals surface area contributed by atoms with Crippen molar-refractivity contribution in [2.45, 2.75) is 31.3 Å². The molecule has 1 aromatic carbocycles. The molecule has 1 N–H and O–H groups in total. The number of aliphatic hydroxyl groups is 1. The van der Waals surface area contributed by atoms with E-state index in [2.05, 4.69) is 41.1 Å². The number of halogens is 1. The predicted molar refractivity (Wildman–Crippen MR) is 56.7 cm³/mol. The summed E-state index contributed by atoms with van der Waals surface area (Å²) < 4.78 is 1.12. The lowest BCUT2D eigenvalue weighted by Gasteiger charge is -2.43. The summed E-state index contributed by atoms with van der Waals surface area (Å²) in [5, 5.41) is 9.30. The van der Waals surface area contributed by atoms with Crippen molar-refractivity contribution in [1.29, 1.82) is 0 Å². The minimum absolute atomic E-state index is 0.0935. The summed E-state index contributed by atoms with van der Waals surface area (Å²) in [7, 11) is 0. The molecule has 1 saturated carbocycles. The van der Waals surface area contributed by atoms with E-state index in [1.165, 1.54) is 5.56 Å². The standard InChI is InChI=1S/C11H13BrO/c1-11(6-10(13)7-11)8-3-2-4-9(12)5-8/h2-5,10,13H,6-7H2,1H3. The highest BCUT2D eigenvalue weighted by molar-refractivity contribution is 9.10. The van der Waals surface area contributed by atoms with Crippen molar-refractivity contribution in [2.75, 3.05) is 0 Å². The third-order valence-electron chi connectivity index (χ3n) is 2.89. The van der Waals surface area contributed by atoms with E-state index in [9.17, 15) is 5.11 Å². The Morgan fingerprint density at radius 2 is 2.15 bits per heavy atom. The first-order valence-electron chi connectivity index (χ1n) is 4.54. The second kappa shape index (κ2) is 3.10. The number of rotatable bonds is 1. The molecule has 0 heterocycles. The molecule has 1 nitrogen and oxygen atoms in total. The topological polar surface area (TPSA) is 20.2 Å². The van der Waals surface area contributed by atoms with Crippen molar-refractivity contribution in [1.82, 2.24) is 0 Å². The van der Waals surface area contributed by atoms with Gasteiger partial charge in [-0.15, -0.1) is 0 Å². The average molecular weight is 241 g/mol. The molecular weight excluding hydrogens is 228 g/mol. The Balaban J connectivity index is 2.26. The zero-order chi connectivity index (χ0) is 9.47. The molecule has 1 fully saturated rings. The molecule has 1 aliphatic rings. The van der Waals surface area contributed by atoms with E-state index >= 15 is 0 Å². The van der Waals surface area contributed by atoms with Crippen LogP contribution < -0.4 is 0 Å². The smallest absolute Gasteiger partial charge is 0.0557 e. The average Bonchev–Trinajstić information content (AvgIpc) is 2.02. The zero-order valence-corrected chi connectivity index (χ0v) is 9.21. The SMILES string of the molecule is CC1(c2cccc(Br)c2)CC(O)C1. The first-order chi connectivity index (χ1) is 6.10. The molecule has 0 aromatic heterocycles. The van der Waals surface area contributed by atoms with Crippen LogP contribution in [0.2, 0.25) is 0 Å². The molecule has 1 aliphatic carbocycles. The van der Waals surface area contributed by atoms with Crippen LogP contribution in [0, 0.1) is 0 Å². The van der Waals surface area contributed by atoms with Gasteiger partial charge in [0.05, 0.1) is 6.10 Å². The molecule has 0 spiro atoms. The maximum absolute atomic E-state index is 9.30. The van der Waals surface area contributed by atoms with Crippen LogP contribution in [0.25, 0.3) is 0 Å². The Kier molecular flexibility index (Phi) is 2.20. The summed E-state index contributed by atoms with van der Waals surface area (Å²) in [5.74, 6) is 0. The molecule has 0 aliphatic heterocycles. The maximum Gasteiger partial charge on any atom is 0.0557 e. The molecule has 70 valence electrons. The Morgan fingerprint density at radius 1 is 1.46 bits per heavy atom. The number of hydrogen-bond donors (Lipinski definition) is 1. The third kappa shape index (κ3) is 1.65. The molecule has 0 radical (unpaired) electrons. The summed E-state index contributed by atoms with van der Waals surface area (Å²) in [6.45, 7) is 2.21. The van der Waals surface area contributed by atoms with Gasteiger partial charge in [-0.2, -0.15) is 0 Å². The molecule has 2 heteroatoms. The van der Waals surface area contributed by atoms with Crippen molar-refractivity contribution < 1.29 is 5.11 Å². The molecule has 1 aromatic rings.